The fraction of sp³-hybridized carbons (Fsp3) is 0.553. The normalized spacial score (nSPS) is 18.8. The van der Waals surface area contributed by atoms with Crippen LogP contribution in [0.3, 0.4) is 0 Å². The molecule has 3 aromatic rings. The first-order valence-electron chi connectivity index (χ1n) is 17.0. The average Bonchev–Trinajstić information content (AvgIpc) is 3.05. The van der Waals surface area contributed by atoms with Gasteiger partial charge in [-0.15, -0.1) is 0 Å². The highest BCUT2D eigenvalue weighted by atomic mass is 35.5. The summed E-state index contributed by atoms with van der Waals surface area (Å²) in [5.74, 6) is 2.73. The Morgan fingerprint density at radius 3 is 2.23 bits per heavy atom. The van der Waals surface area contributed by atoms with Crippen LogP contribution in [0.15, 0.2) is 73.1 Å². The Balaban J connectivity index is 0.000000204. The molecule has 240 valence electrons. The van der Waals surface area contributed by atoms with Gasteiger partial charge in [-0.3, -0.25) is 0 Å². The molecule has 2 aromatic carbocycles. The van der Waals surface area contributed by atoms with Crippen LogP contribution in [0, 0.1) is 17.0 Å². The zero-order chi connectivity index (χ0) is 30.8. The Hall–Kier alpha value is -2.60. The topological polar surface area (TPSA) is 48.6 Å². The molecule has 5 rings (SSSR count). The molecule has 1 saturated carbocycles. The smallest absolute Gasteiger partial charge is 0.180 e. The molecule has 1 aliphatic carbocycles. The lowest BCUT2D eigenvalue weighted by Gasteiger charge is -2.26. The maximum Gasteiger partial charge on any atom is 0.180 e. The molecule has 1 unspecified atom stereocenters. The van der Waals surface area contributed by atoms with E-state index in [-0.39, 0.29) is 0 Å². The number of hydrogen-bond donors (Lipinski definition) is 0. The predicted octanol–water partition coefficient (Wildman–Crippen LogP) is 9.14. The molecule has 0 bridgehead atoms. The highest BCUT2D eigenvalue weighted by Crippen LogP contribution is 2.31. The number of piperidine rings is 1. The van der Waals surface area contributed by atoms with Crippen LogP contribution in [0.4, 0.5) is 0 Å². The van der Waals surface area contributed by atoms with E-state index >= 15 is 0 Å². The molecule has 5 nitrogen and oxygen atoms in total. The summed E-state index contributed by atoms with van der Waals surface area (Å²) >= 11 is 5.87. The van der Waals surface area contributed by atoms with E-state index in [0.29, 0.717) is 0 Å². The molecule has 2 aliphatic rings. The second-order valence-electron chi connectivity index (χ2n) is 12.7. The Morgan fingerprint density at radius 1 is 0.795 bits per heavy atom. The van der Waals surface area contributed by atoms with Gasteiger partial charge in [-0.2, -0.15) is 4.73 Å². The van der Waals surface area contributed by atoms with Gasteiger partial charge in [-0.05, 0) is 117 Å². The van der Waals surface area contributed by atoms with E-state index in [1.54, 1.807) is 0 Å². The van der Waals surface area contributed by atoms with Gasteiger partial charge in [0.25, 0.3) is 0 Å². The number of ether oxygens (including phenoxy) is 2. The monoisotopic (exact) mass is 620 g/mol. The molecule has 2 heterocycles. The van der Waals surface area contributed by atoms with Crippen molar-refractivity contribution in [1.82, 2.24) is 4.90 Å². The Kier molecular flexibility index (Phi) is 15.4. The second-order valence-corrected chi connectivity index (χ2v) is 13.1. The number of pyridine rings is 1. The predicted molar refractivity (Wildman–Crippen MR) is 182 cm³/mol. The number of rotatable bonds is 14. The minimum Gasteiger partial charge on any atom is -0.619 e. The standard InChI is InChI=1S/C21H27NO2.C17H26ClNO/c1-17-4-2-5-18(16-17)6-3-15-24-21-9-7-19(8-10-21)20-11-13-22(23)14-12-20;18-17-9-7-16(8-10-17)6-4-14-20-15-5-13-19-11-2-1-3-12-19/h7-14,17-18H,2-6,15-16H2,1H3;7-10H,1-6,11-15H2/t17-,18?;/m0./s1. The number of likely N-dealkylation sites (tertiary alicyclic amines) is 1. The van der Waals surface area contributed by atoms with Crippen LogP contribution in [0.2, 0.25) is 5.02 Å². The number of hydrogen-bond acceptors (Lipinski definition) is 4. The van der Waals surface area contributed by atoms with E-state index in [1.807, 2.05) is 48.5 Å². The second kappa shape index (κ2) is 19.7. The minimum atomic E-state index is 0.797. The molecule has 0 spiro atoms. The zero-order valence-electron chi connectivity index (χ0n) is 26.8. The van der Waals surface area contributed by atoms with Gasteiger partial charge in [0, 0.05) is 36.9 Å². The number of aromatic nitrogens is 1. The minimum absolute atomic E-state index is 0.797. The van der Waals surface area contributed by atoms with Crippen molar-refractivity contribution in [3.05, 3.63) is 88.9 Å². The lowest BCUT2D eigenvalue weighted by molar-refractivity contribution is -0.605. The number of halogens is 1. The first-order chi connectivity index (χ1) is 21.5. The van der Waals surface area contributed by atoms with Crippen molar-refractivity contribution < 1.29 is 14.2 Å². The van der Waals surface area contributed by atoms with E-state index in [2.05, 4.69) is 24.0 Å². The summed E-state index contributed by atoms with van der Waals surface area (Å²) in [5.41, 5.74) is 3.48. The SMILES string of the molecule is C[C@H]1CCCC(CCCOc2ccc(-c3cc[n+]([O-])cc3)cc2)C1.Clc1ccc(CCCOCCCN2CCCCC2)cc1. The molecule has 2 fully saturated rings. The average molecular weight is 621 g/mol. The lowest BCUT2D eigenvalue weighted by Crippen LogP contribution is -2.31. The van der Waals surface area contributed by atoms with Crippen LogP contribution < -0.4 is 9.47 Å². The van der Waals surface area contributed by atoms with Crippen LogP contribution in [-0.4, -0.2) is 44.4 Å². The molecule has 0 amide bonds. The Morgan fingerprint density at radius 2 is 1.50 bits per heavy atom. The van der Waals surface area contributed by atoms with Gasteiger partial charge in [-0.1, -0.05) is 68.5 Å². The summed E-state index contributed by atoms with van der Waals surface area (Å²) in [6, 6.07) is 19.9. The van der Waals surface area contributed by atoms with Crippen LogP contribution >= 0.6 is 11.6 Å². The largest absolute Gasteiger partial charge is 0.619 e. The molecule has 2 atom stereocenters. The highest BCUT2D eigenvalue weighted by Gasteiger charge is 2.18. The molecule has 44 heavy (non-hydrogen) atoms. The third-order valence-corrected chi connectivity index (χ3v) is 9.19. The van der Waals surface area contributed by atoms with Gasteiger partial charge in [0.15, 0.2) is 12.4 Å². The van der Waals surface area contributed by atoms with E-state index in [4.69, 9.17) is 21.1 Å². The lowest BCUT2D eigenvalue weighted by atomic mass is 9.80. The summed E-state index contributed by atoms with van der Waals surface area (Å²) < 4.78 is 12.4. The summed E-state index contributed by atoms with van der Waals surface area (Å²) in [5, 5.41) is 11.9. The van der Waals surface area contributed by atoms with Crippen molar-refractivity contribution in [2.75, 3.05) is 39.5 Å². The molecular formula is C38H53ClN2O3. The van der Waals surface area contributed by atoms with Gasteiger partial charge in [0.1, 0.15) is 5.75 Å². The van der Waals surface area contributed by atoms with Gasteiger partial charge in [0.2, 0.25) is 0 Å². The van der Waals surface area contributed by atoms with Crippen molar-refractivity contribution >= 4 is 11.6 Å². The molecule has 0 radical (unpaired) electrons. The van der Waals surface area contributed by atoms with Crippen LogP contribution in [-0.2, 0) is 11.2 Å². The van der Waals surface area contributed by atoms with E-state index in [1.165, 1.54) is 95.4 Å². The first-order valence-corrected chi connectivity index (χ1v) is 17.4. The summed E-state index contributed by atoms with van der Waals surface area (Å²) in [6.45, 7) is 8.73. The summed E-state index contributed by atoms with van der Waals surface area (Å²) in [4.78, 5) is 2.57. The van der Waals surface area contributed by atoms with Crippen LogP contribution in [0.5, 0.6) is 5.75 Å². The van der Waals surface area contributed by atoms with Gasteiger partial charge in [-0.25, -0.2) is 0 Å². The number of aryl methyl sites for hydroxylation is 1. The third-order valence-electron chi connectivity index (χ3n) is 8.94. The first kappa shape index (κ1) is 34.3. The van der Waals surface area contributed by atoms with Crippen LogP contribution in [0.25, 0.3) is 11.1 Å². The summed E-state index contributed by atoms with van der Waals surface area (Å²) in [7, 11) is 0. The maximum absolute atomic E-state index is 11.1. The van der Waals surface area contributed by atoms with Crippen molar-refractivity contribution in [3.63, 3.8) is 0 Å². The number of benzene rings is 2. The number of nitrogens with zero attached hydrogens (tertiary/aromatic N) is 2. The fourth-order valence-corrected chi connectivity index (χ4v) is 6.56. The van der Waals surface area contributed by atoms with Gasteiger partial charge in [0.05, 0.1) is 6.61 Å². The van der Waals surface area contributed by atoms with Gasteiger partial charge < -0.3 is 19.6 Å². The Bertz CT molecular complexity index is 1160. The van der Waals surface area contributed by atoms with Crippen molar-refractivity contribution in [3.8, 4) is 16.9 Å². The van der Waals surface area contributed by atoms with Gasteiger partial charge >= 0.3 is 0 Å². The van der Waals surface area contributed by atoms with Crippen LogP contribution in [0.1, 0.15) is 83.1 Å². The molecule has 6 heteroatoms. The van der Waals surface area contributed by atoms with E-state index < -0.39 is 0 Å². The third kappa shape index (κ3) is 13.2. The van der Waals surface area contributed by atoms with Crippen molar-refractivity contribution in [2.45, 2.75) is 84.0 Å². The molecule has 1 aromatic heterocycles. The summed E-state index contributed by atoms with van der Waals surface area (Å²) in [6.07, 6.45) is 18.6. The van der Waals surface area contributed by atoms with E-state index in [9.17, 15) is 5.21 Å². The van der Waals surface area contributed by atoms with Crippen molar-refractivity contribution in [2.24, 2.45) is 11.8 Å². The van der Waals surface area contributed by atoms with Crippen molar-refractivity contribution in [1.29, 1.82) is 0 Å². The molecular weight excluding hydrogens is 568 g/mol. The molecule has 0 N–H and O–H groups in total. The zero-order valence-corrected chi connectivity index (χ0v) is 27.6. The maximum atomic E-state index is 11.1. The molecule has 1 saturated heterocycles. The fourth-order valence-electron chi connectivity index (χ4n) is 6.44. The van der Waals surface area contributed by atoms with E-state index in [0.717, 1.165) is 77.5 Å². The highest BCUT2D eigenvalue weighted by molar-refractivity contribution is 6.30. The quantitative estimate of drug-likeness (QED) is 0.102. The molecule has 1 aliphatic heterocycles. The Labute approximate surface area is 271 Å².